The van der Waals surface area contributed by atoms with E-state index >= 15 is 0 Å². The molecule has 1 rings (SSSR count). The number of rotatable bonds is 9. The van der Waals surface area contributed by atoms with Crippen LogP contribution in [0.25, 0.3) is 0 Å². The maximum absolute atomic E-state index is 4.29. The van der Waals surface area contributed by atoms with Crippen LogP contribution >= 0.6 is 0 Å². The van der Waals surface area contributed by atoms with Crippen LogP contribution < -0.4 is 4.89 Å². The van der Waals surface area contributed by atoms with Gasteiger partial charge in [0.2, 0.25) is 0 Å². The molecule has 0 saturated carbocycles. The van der Waals surface area contributed by atoms with Crippen molar-refractivity contribution in [1.29, 1.82) is 0 Å². The van der Waals surface area contributed by atoms with Gasteiger partial charge in [-0.2, -0.15) is 0 Å². The molecule has 0 amide bonds. The second-order valence-corrected chi connectivity index (χ2v) is 27.0. The van der Waals surface area contributed by atoms with Gasteiger partial charge in [-0.15, -0.1) is 0 Å². The predicted molar refractivity (Wildman–Crippen MR) is 120 cm³/mol. The number of hydrogen-bond acceptors (Lipinski definition) is 2. The van der Waals surface area contributed by atoms with Crippen molar-refractivity contribution in [2.24, 2.45) is 0 Å². The van der Waals surface area contributed by atoms with Gasteiger partial charge in [-0.05, 0) is 24.5 Å². The molecule has 1 radical (unpaired) electrons. The van der Waals surface area contributed by atoms with Gasteiger partial charge in [0.25, 0.3) is 6.98 Å². The van der Waals surface area contributed by atoms with E-state index in [9.17, 15) is 0 Å². The summed E-state index contributed by atoms with van der Waals surface area (Å²) in [5, 5.41) is 0. The molecule has 0 aliphatic carbocycles. The van der Waals surface area contributed by atoms with Crippen molar-refractivity contribution < 1.29 is 0 Å². The third kappa shape index (κ3) is 6.58. The molecule has 0 bridgehead atoms. The van der Waals surface area contributed by atoms with Crippen molar-refractivity contribution in [1.82, 2.24) is 9.04 Å². The lowest BCUT2D eigenvalue weighted by Crippen LogP contribution is -2.70. The summed E-state index contributed by atoms with van der Waals surface area (Å²) in [5.74, 6) is 0. The number of unbranched alkanes of at least 4 members (excludes halogenated alkanes) is 1. The van der Waals surface area contributed by atoms with Gasteiger partial charge >= 0.3 is 0 Å². The van der Waals surface area contributed by atoms with Crippen molar-refractivity contribution in [2.75, 3.05) is 0 Å². The fourth-order valence-electron chi connectivity index (χ4n) is 4.26. The van der Waals surface area contributed by atoms with Crippen LogP contribution in [0, 0.1) is 0 Å². The van der Waals surface area contributed by atoms with E-state index in [0.29, 0.717) is 6.98 Å². The quantitative estimate of drug-likeness (QED) is 0.523. The molecule has 0 aromatic rings. The third-order valence-corrected chi connectivity index (χ3v) is 20.3. The van der Waals surface area contributed by atoms with Crippen LogP contribution in [0.3, 0.4) is 0 Å². The molecule has 135 valence electrons. The molecule has 0 aromatic carbocycles. The van der Waals surface area contributed by atoms with Crippen LogP contribution in [0.2, 0.25) is 82.9 Å². The number of hydrogen-bond donors (Lipinski definition) is 1. The molecule has 1 saturated heterocycles. The van der Waals surface area contributed by atoms with Gasteiger partial charge in [-0.1, -0.05) is 78.2 Å². The Bertz CT molecular complexity index is 359. The highest BCUT2D eigenvalue weighted by atomic mass is 28.4. The fourth-order valence-corrected chi connectivity index (χ4v) is 25.0. The SMILES string of the molecule is CCCCB(N[Si](C)(C)CC[Si](C)C)N1[Si](C)(C)CC[Si]1(C)C. The molecule has 1 heterocycles. The molecule has 23 heavy (non-hydrogen) atoms. The average Bonchev–Trinajstić information content (AvgIpc) is 2.62. The Morgan fingerprint density at radius 2 is 1.61 bits per heavy atom. The van der Waals surface area contributed by atoms with E-state index < -0.39 is 24.7 Å². The molecule has 7 heteroatoms. The first-order valence-corrected chi connectivity index (χ1v) is 22.0. The first kappa shape index (κ1) is 21.9. The Balaban J connectivity index is 2.91. The zero-order valence-electron chi connectivity index (χ0n) is 17.5. The summed E-state index contributed by atoms with van der Waals surface area (Å²) in [5.41, 5.74) is 0. The summed E-state index contributed by atoms with van der Waals surface area (Å²) in [6.45, 7) is 23.6. The molecule has 2 nitrogen and oxygen atoms in total. The molecule has 1 aliphatic heterocycles. The van der Waals surface area contributed by atoms with E-state index in [0.717, 1.165) is 0 Å². The second-order valence-electron chi connectivity index (χ2n) is 9.89. The second kappa shape index (κ2) is 8.49. The predicted octanol–water partition coefficient (Wildman–Crippen LogP) is 5.55. The Kier molecular flexibility index (Phi) is 8.08. The first-order chi connectivity index (χ1) is 10.4. The van der Waals surface area contributed by atoms with E-state index in [4.69, 9.17) is 0 Å². The zero-order chi connectivity index (χ0) is 17.9. The van der Waals surface area contributed by atoms with E-state index in [1.165, 1.54) is 43.3 Å². The number of nitrogens with zero attached hydrogens (tertiary/aromatic N) is 1. The van der Waals surface area contributed by atoms with Gasteiger partial charge in [-0.25, -0.2) is 0 Å². The summed E-state index contributed by atoms with van der Waals surface area (Å²) < 4.78 is 3.12. The highest BCUT2D eigenvalue weighted by Crippen LogP contribution is 2.38. The van der Waals surface area contributed by atoms with E-state index in [2.05, 4.69) is 68.3 Å². The normalized spacial score (nSPS) is 21.1. The largest absolute Gasteiger partial charge is 0.374 e. The lowest BCUT2D eigenvalue weighted by molar-refractivity contribution is 0.820. The third-order valence-electron chi connectivity index (χ3n) is 5.60. The molecular weight excluding hydrogens is 343 g/mol. The average molecular weight is 386 g/mol. The molecular formula is C16H42BN2Si4. The van der Waals surface area contributed by atoms with Crippen LogP contribution in [0.4, 0.5) is 0 Å². The Morgan fingerprint density at radius 3 is 2.04 bits per heavy atom. The van der Waals surface area contributed by atoms with Gasteiger partial charge in [0.15, 0.2) is 0 Å². The lowest BCUT2D eigenvalue weighted by atomic mass is 9.74. The van der Waals surface area contributed by atoms with Gasteiger partial charge in [0.05, 0.1) is 0 Å². The summed E-state index contributed by atoms with van der Waals surface area (Å²) in [6.07, 6.45) is 4.08. The Hall–Kier alpha value is 0.852. The van der Waals surface area contributed by atoms with Crippen LogP contribution in [0.15, 0.2) is 0 Å². The highest BCUT2D eigenvalue weighted by molar-refractivity contribution is 7.05. The standard InChI is InChI=1S/C16H42BN2Si4/c1-10-11-12-17(18-21(4,5)14-13-20(2)3)19-22(6,7)15-16-23(19,8)9/h18H,10-16H2,1-9H3. The minimum absolute atomic E-state index is 0.0846. The lowest BCUT2D eigenvalue weighted by Gasteiger charge is -2.46. The summed E-state index contributed by atoms with van der Waals surface area (Å²) in [7, 11) is -3.78. The maximum Gasteiger partial charge on any atom is 0.287 e. The van der Waals surface area contributed by atoms with Crippen LogP contribution in [0.5, 0.6) is 0 Å². The van der Waals surface area contributed by atoms with Gasteiger partial charge in [0, 0.05) is 8.80 Å². The zero-order valence-corrected chi connectivity index (χ0v) is 21.5. The highest BCUT2D eigenvalue weighted by Gasteiger charge is 2.51. The molecule has 1 aliphatic rings. The molecule has 0 aromatic heterocycles. The van der Waals surface area contributed by atoms with Gasteiger partial charge in [0.1, 0.15) is 24.7 Å². The van der Waals surface area contributed by atoms with Crippen molar-refractivity contribution in [3.05, 3.63) is 0 Å². The van der Waals surface area contributed by atoms with Gasteiger partial charge in [-0.3, -0.25) is 0 Å². The minimum Gasteiger partial charge on any atom is -0.374 e. The molecule has 1 fully saturated rings. The molecule has 0 spiro atoms. The van der Waals surface area contributed by atoms with Crippen molar-refractivity contribution >= 4 is 40.5 Å². The van der Waals surface area contributed by atoms with E-state index in [1.807, 2.05) is 0 Å². The minimum atomic E-state index is -1.29. The molecule has 0 unspecified atom stereocenters. The van der Waals surface area contributed by atoms with Crippen LogP contribution in [-0.2, 0) is 0 Å². The van der Waals surface area contributed by atoms with E-state index in [-0.39, 0.29) is 8.80 Å². The smallest absolute Gasteiger partial charge is 0.287 e. The topological polar surface area (TPSA) is 15.3 Å². The van der Waals surface area contributed by atoms with Crippen molar-refractivity contribution in [3.8, 4) is 0 Å². The maximum atomic E-state index is 4.29. The van der Waals surface area contributed by atoms with Gasteiger partial charge < -0.3 is 9.04 Å². The van der Waals surface area contributed by atoms with Crippen molar-refractivity contribution in [3.63, 3.8) is 0 Å². The monoisotopic (exact) mass is 385 g/mol. The molecule has 0 atom stereocenters. The molecule has 1 N–H and O–H groups in total. The van der Waals surface area contributed by atoms with Crippen LogP contribution in [0.1, 0.15) is 19.8 Å². The summed E-state index contributed by atoms with van der Waals surface area (Å²) in [4.78, 5) is 4.29. The van der Waals surface area contributed by atoms with Crippen LogP contribution in [-0.4, -0.2) is 44.6 Å². The Labute approximate surface area is 152 Å². The van der Waals surface area contributed by atoms with E-state index in [1.54, 1.807) is 0 Å². The van der Waals surface area contributed by atoms with Crippen molar-refractivity contribution in [2.45, 2.75) is 103 Å². The summed E-state index contributed by atoms with van der Waals surface area (Å²) >= 11 is 0. The Morgan fingerprint density at radius 1 is 1.09 bits per heavy atom. The number of nitrogens with one attached hydrogen (secondary N) is 1. The fraction of sp³-hybridized carbons (Fsp3) is 1.00. The first-order valence-electron chi connectivity index (χ1n) is 9.77. The summed E-state index contributed by atoms with van der Waals surface area (Å²) in [6, 6.07) is 6.00.